The lowest BCUT2D eigenvalue weighted by Gasteiger charge is -2.26. The van der Waals surface area contributed by atoms with E-state index in [0.717, 1.165) is 43.0 Å². The van der Waals surface area contributed by atoms with Gasteiger partial charge in [-0.1, -0.05) is 13.8 Å². The Morgan fingerprint density at radius 1 is 1.37 bits per heavy atom. The normalized spacial score (nSPS) is 25.8. The Labute approximate surface area is 114 Å². The lowest BCUT2D eigenvalue weighted by atomic mass is 9.93. The third-order valence-corrected chi connectivity index (χ3v) is 4.05. The van der Waals surface area contributed by atoms with Gasteiger partial charge in [0.25, 0.3) is 5.91 Å². The number of aromatic nitrogens is 2. The molecule has 0 aromatic carbocycles. The van der Waals surface area contributed by atoms with Crippen LogP contribution in [0.4, 0.5) is 0 Å². The van der Waals surface area contributed by atoms with Crippen molar-refractivity contribution in [3.8, 4) is 0 Å². The van der Waals surface area contributed by atoms with Crippen LogP contribution in [0.15, 0.2) is 0 Å². The standard InChI is InChI=1S/C14H22N4O/c1-9-5-11-10(6-15-9)12-13(19)17(4)7-14(2,3)8-18(12)16-11/h9,15H,5-8H2,1-4H3/t9-/m1/s1. The zero-order chi connectivity index (χ0) is 13.8. The summed E-state index contributed by atoms with van der Waals surface area (Å²) < 4.78 is 1.94. The van der Waals surface area contributed by atoms with Gasteiger partial charge in [-0.3, -0.25) is 9.48 Å². The van der Waals surface area contributed by atoms with Gasteiger partial charge in [-0.2, -0.15) is 5.10 Å². The molecule has 0 saturated carbocycles. The van der Waals surface area contributed by atoms with Gasteiger partial charge in [0.05, 0.1) is 5.69 Å². The molecule has 1 aromatic rings. The molecule has 1 atom stereocenters. The van der Waals surface area contributed by atoms with E-state index in [1.807, 2.05) is 16.6 Å². The van der Waals surface area contributed by atoms with E-state index in [1.54, 1.807) is 0 Å². The molecule has 0 saturated heterocycles. The number of carbonyl (C=O) groups is 1. The minimum Gasteiger partial charge on any atom is -0.340 e. The van der Waals surface area contributed by atoms with Crippen molar-refractivity contribution in [2.45, 2.75) is 46.3 Å². The van der Waals surface area contributed by atoms with Gasteiger partial charge in [0, 0.05) is 50.1 Å². The van der Waals surface area contributed by atoms with Crippen molar-refractivity contribution in [3.63, 3.8) is 0 Å². The second-order valence-corrected chi connectivity index (χ2v) is 6.74. The van der Waals surface area contributed by atoms with Crippen LogP contribution >= 0.6 is 0 Å². The molecular weight excluding hydrogens is 240 g/mol. The summed E-state index contributed by atoms with van der Waals surface area (Å²) in [4.78, 5) is 14.4. The van der Waals surface area contributed by atoms with Crippen LogP contribution in [-0.2, 0) is 19.5 Å². The maximum absolute atomic E-state index is 12.6. The predicted molar refractivity (Wildman–Crippen MR) is 73.0 cm³/mol. The fourth-order valence-corrected chi connectivity index (χ4v) is 3.24. The van der Waals surface area contributed by atoms with Crippen LogP contribution in [0.25, 0.3) is 0 Å². The van der Waals surface area contributed by atoms with Crippen LogP contribution in [0.2, 0.25) is 0 Å². The summed E-state index contributed by atoms with van der Waals surface area (Å²) in [5, 5.41) is 8.14. The Morgan fingerprint density at radius 2 is 2.11 bits per heavy atom. The molecule has 1 amide bonds. The first-order chi connectivity index (χ1) is 8.87. The summed E-state index contributed by atoms with van der Waals surface area (Å²) in [6, 6.07) is 0.437. The van der Waals surface area contributed by atoms with Gasteiger partial charge >= 0.3 is 0 Å². The highest BCUT2D eigenvalue weighted by atomic mass is 16.2. The molecule has 0 unspecified atom stereocenters. The molecule has 3 heterocycles. The Morgan fingerprint density at radius 3 is 2.84 bits per heavy atom. The number of fused-ring (bicyclic) bond motifs is 3. The highest BCUT2D eigenvalue weighted by molar-refractivity contribution is 5.94. The average Bonchev–Trinajstić information content (AvgIpc) is 2.58. The predicted octanol–water partition coefficient (Wildman–Crippen LogP) is 1.03. The number of nitrogens with one attached hydrogen (secondary N) is 1. The fraction of sp³-hybridized carbons (Fsp3) is 0.714. The highest BCUT2D eigenvalue weighted by Gasteiger charge is 2.35. The van der Waals surface area contributed by atoms with E-state index in [4.69, 9.17) is 5.10 Å². The summed E-state index contributed by atoms with van der Waals surface area (Å²) in [6.45, 7) is 8.87. The first kappa shape index (κ1) is 12.7. The number of carbonyl (C=O) groups excluding carboxylic acids is 1. The van der Waals surface area contributed by atoms with Gasteiger partial charge in [-0.05, 0) is 6.92 Å². The van der Waals surface area contributed by atoms with Crippen LogP contribution in [-0.4, -0.2) is 40.2 Å². The molecule has 1 aromatic heterocycles. The van der Waals surface area contributed by atoms with Crippen molar-refractivity contribution in [1.82, 2.24) is 20.0 Å². The van der Waals surface area contributed by atoms with Gasteiger partial charge in [0.2, 0.25) is 0 Å². The summed E-state index contributed by atoms with van der Waals surface area (Å²) in [5.74, 6) is 0.107. The molecule has 2 aliphatic rings. The molecule has 0 fully saturated rings. The second kappa shape index (κ2) is 4.07. The Hall–Kier alpha value is -1.36. The second-order valence-electron chi connectivity index (χ2n) is 6.74. The number of hydrogen-bond acceptors (Lipinski definition) is 3. The van der Waals surface area contributed by atoms with E-state index in [2.05, 4.69) is 26.1 Å². The van der Waals surface area contributed by atoms with Gasteiger partial charge in [-0.25, -0.2) is 0 Å². The van der Waals surface area contributed by atoms with Gasteiger partial charge < -0.3 is 10.2 Å². The molecule has 0 spiro atoms. The Bertz CT molecular complexity index is 532. The minimum absolute atomic E-state index is 0.0588. The maximum atomic E-state index is 12.6. The Kier molecular flexibility index (Phi) is 2.71. The lowest BCUT2D eigenvalue weighted by molar-refractivity contribution is 0.0752. The quantitative estimate of drug-likeness (QED) is 0.760. The summed E-state index contributed by atoms with van der Waals surface area (Å²) >= 11 is 0. The van der Waals surface area contributed by atoms with Gasteiger partial charge in [0.15, 0.2) is 0 Å². The highest BCUT2D eigenvalue weighted by Crippen LogP contribution is 2.29. The van der Waals surface area contributed by atoms with Crippen LogP contribution in [0.3, 0.4) is 0 Å². The van der Waals surface area contributed by atoms with Crippen LogP contribution in [0, 0.1) is 5.41 Å². The fourth-order valence-electron chi connectivity index (χ4n) is 3.24. The van der Waals surface area contributed by atoms with E-state index < -0.39 is 0 Å². The van der Waals surface area contributed by atoms with Gasteiger partial charge in [0.1, 0.15) is 5.69 Å². The van der Waals surface area contributed by atoms with Crippen molar-refractivity contribution in [3.05, 3.63) is 17.0 Å². The third kappa shape index (κ3) is 2.06. The van der Waals surface area contributed by atoms with Crippen LogP contribution in [0.1, 0.15) is 42.5 Å². The maximum Gasteiger partial charge on any atom is 0.272 e. The van der Waals surface area contributed by atoms with Crippen molar-refractivity contribution in [2.75, 3.05) is 13.6 Å². The zero-order valence-electron chi connectivity index (χ0n) is 12.2. The summed E-state index contributed by atoms with van der Waals surface area (Å²) in [5.41, 5.74) is 3.05. The number of hydrogen-bond donors (Lipinski definition) is 1. The van der Waals surface area contributed by atoms with E-state index in [1.165, 1.54) is 0 Å². The van der Waals surface area contributed by atoms with Crippen molar-refractivity contribution in [2.24, 2.45) is 5.41 Å². The Balaban J connectivity index is 2.11. The molecule has 1 N–H and O–H groups in total. The number of amides is 1. The molecule has 0 aliphatic carbocycles. The average molecular weight is 262 g/mol. The molecule has 104 valence electrons. The number of rotatable bonds is 0. The molecule has 0 radical (unpaired) electrons. The zero-order valence-corrected chi connectivity index (χ0v) is 12.2. The molecular formula is C14H22N4O. The largest absolute Gasteiger partial charge is 0.340 e. The first-order valence-electron chi connectivity index (χ1n) is 6.95. The number of nitrogens with zero attached hydrogens (tertiary/aromatic N) is 3. The lowest BCUT2D eigenvalue weighted by Crippen LogP contribution is -2.36. The molecule has 19 heavy (non-hydrogen) atoms. The third-order valence-electron chi connectivity index (χ3n) is 4.05. The molecule has 5 heteroatoms. The van der Waals surface area contributed by atoms with Crippen molar-refractivity contribution >= 4 is 5.91 Å². The van der Waals surface area contributed by atoms with E-state index in [0.29, 0.717) is 6.04 Å². The molecule has 3 rings (SSSR count). The topological polar surface area (TPSA) is 50.2 Å². The molecule has 0 bridgehead atoms. The van der Waals surface area contributed by atoms with E-state index in [-0.39, 0.29) is 11.3 Å². The first-order valence-corrected chi connectivity index (χ1v) is 6.95. The molecule has 2 aliphatic heterocycles. The van der Waals surface area contributed by atoms with Crippen LogP contribution in [0.5, 0.6) is 0 Å². The van der Waals surface area contributed by atoms with Crippen LogP contribution < -0.4 is 5.32 Å². The summed E-state index contributed by atoms with van der Waals surface area (Å²) in [6.07, 6.45) is 0.909. The van der Waals surface area contributed by atoms with Crippen molar-refractivity contribution in [1.29, 1.82) is 0 Å². The molecule has 5 nitrogen and oxygen atoms in total. The van der Waals surface area contributed by atoms with E-state index in [9.17, 15) is 4.79 Å². The minimum atomic E-state index is 0.0588. The van der Waals surface area contributed by atoms with Crippen molar-refractivity contribution < 1.29 is 4.79 Å². The summed E-state index contributed by atoms with van der Waals surface area (Å²) in [7, 11) is 1.89. The monoisotopic (exact) mass is 262 g/mol. The van der Waals surface area contributed by atoms with E-state index >= 15 is 0 Å². The SMILES string of the molecule is C[C@@H]1Cc2nn3c(c2CN1)C(=O)N(C)CC(C)(C)C3. The van der Waals surface area contributed by atoms with Gasteiger partial charge in [-0.15, -0.1) is 0 Å². The smallest absolute Gasteiger partial charge is 0.272 e.